The molecule has 174 valence electrons. The minimum Gasteiger partial charge on any atom is -0.352 e. The van der Waals surface area contributed by atoms with E-state index in [1.807, 2.05) is 20.8 Å². The third-order valence-electron chi connectivity index (χ3n) is 5.15. The van der Waals surface area contributed by atoms with Crippen molar-refractivity contribution < 1.29 is 14.0 Å². The highest BCUT2D eigenvalue weighted by atomic mass is 35.5. The van der Waals surface area contributed by atoms with E-state index in [0.717, 1.165) is 17.5 Å². The summed E-state index contributed by atoms with van der Waals surface area (Å²) in [6, 6.07) is 10.7. The van der Waals surface area contributed by atoms with Crippen LogP contribution in [0.4, 0.5) is 4.39 Å². The highest BCUT2D eigenvalue weighted by Crippen LogP contribution is 2.24. The molecule has 2 aromatic carbocycles. The molecule has 0 radical (unpaired) electrons. The van der Waals surface area contributed by atoms with Gasteiger partial charge in [0.25, 0.3) is 0 Å². The van der Waals surface area contributed by atoms with Gasteiger partial charge in [0, 0.05) is 28.4 Å². The Bertz CT molecular complexity index is 911. The number of nitrogens with one attached hydrogen (secondary N) is 1. The van der Waals surface area contributed by atoms with Crippen LogP contribution in [0.15, 0.2) is 42.5 Å². The number of hydrogen-bond acceptors (Lipinski definition) is 3. The summed E-state index contributed by atoms with van der Waals surface area (Å²) in [6.45, 7) is 6.02. The first-order valence-electron chi connectivity index (χ1n) is 10.6. The topological polar surface area (TPSA) is 49.4 Å². The van der Waals surface area contributed by atoms with Gasteiger partial charge in [0.1, 0.15) is 11.9 Å². The van der Waals surface area contributed by atoms with E-state index in [-0.39, 0.29) is 36.0 Å². The lowest BCUT2D eigenvalue weighted by Crippen LogP contribution is -2.51. The SMILES string of the molecule is CC[C@H](C(=O)N[C@@H](C)CC)N(Cc1ccc(Cl)cc1Cl)C(=O)CSCc1ccc(F)cc1. The molecule has 0 aliphatic heterocycles. The third kappa shape index (κ3) is 7.98. The summed E-state index contributed by atoms with van der Waals surface area (Å²) in [5.74, 6) is 0.129. The Labute approximate surface area is 203 Å². The normalized spacial score (nSPS) is 12.8. The quantitative estimate of drug-likeness (QED) is 0.407. The van der Waals surface area contributed by atoms with Gasteiger partial charge < -0.3 is 10.2 Å². The maximum Gasteiger partial charge on any atom is 0.243 e. The molecule has 0 aromatic heterocycles. The summed E-state index contributed by atoms with van der Waals surface area (Å²) in [5, 5.41) is 3.94. The van der Waals surface area contributed by atoms with Crippen LogP contribution in [-0.4, -0.2) is 34.6 Å². The molecule has 2 amide bonds. The zero-order valence-corrected chi connectivity index (χ0v) is 20.9. The monoisotopic (exact) mass is 498 g/mol. The van der Waals surface area contributed by atoms with E-state index in [9.17, 15) is 14.0 Å². The highest BCUT2D eigenvalue weighted by molar-refractivity contribution is 7.99. The first-order chi connectivity index (χ1) is 15.2. The lowest BCUT2D eigenvalue weighted by molar-refractivity contribution is -0.139. The van der Waals surface area contributed by atoms with Crippen molar-refractivity contribution in [3.05, 3.63) is 69.5 Å². The summed E-state index contributed by atoms with van der Waals surface area (Å²) < 4.78 is 13.1. The molecule has 32 heavy (non-hydrogen) atoms. The number of hydrogen-bond donors (Lipinski definition) is 1. The first-order valence-corrected chi connectivity index (χ1v) is 12.5. The maximum atomic E-state index is 13.2. The molecule has 4 nitrogen and oxygen atoms in total. The fraction of sp³-hybridized carbons (Fsp3) is 0.417. The van der Waals surface area contributed by atoms with Crippen LogP contribution >= 0.6 is 35.0 Å². The van der Waals surface area contributed by atoms with Crippen LogP contribution in [0.1, 0.15) is 44.7 Å². The van der Waals surface area contributed by atoms with Crippen LogP contribution < -0.4 is 5.32 Å². The van der Waals surface area contributed by atoms with E-state index in [1.54, 1.807) is 35.2 Å². The van der Waals surface area contributed by atoms with Gasteiger partial charge in [-0.1, -0.05) is 55.2 Å². The molecule has 0 fully saturated rings. The van der Waals surface area contributed by atoms with Gasteiger partial charge in [-0.05, 0) is 55.2 Å². The first kappa shape index (κ1) is 26.5. The molecule has 0 heterocycles. The average Bonchev–Trinajstić information content (AvgIpc) is 2.76. The largest absolute Gasteiger partial charge is 0.352 e. The van der Waals surface area contributed by atoms with Crippen LogP contribution in [0.25, 0.3) is 0 Å². The summed E-state index contributed by atoms with van der Waals surface area (Å²) in [4.78, 5) is 27.8. The summed E-state index contributed by atoms with van der Waals surface area (Å²) >= 11 is 13.8. The molecular weight excluding hydrogens is 470 g/mol. The van der Waals surface area contributed by atoms with Crippen LogP contribution in [0, 0.1) is 5.82 Å². The van der Waals surface area contributed by atoms with Gasteiger partial charge >= 0.3 is 0 Å². The van der Waals surface area contributed by atoms with Crippen LogP contribution in [-0.2, 0) is 21.9 Å². The van der Waals surface area contributed by atoms with Crippen molar-refractivity contribution in [3.8, 4) is 0 Å². The predicted octanol–water partition coefficient (Wildman–Crippen LogP) is 6.09. The zero-order valence-electron chi connectivity index (χ0n) is 18.5. The number of rotatable bonds is 11. The average molecular weight is 499 g/mol. The number of benzene rings is 2. The molecule has 1 N–H and O–H groups in total. The Morgan fingerprint density at radius 2 is 1.78 bits per heavy atom. The van der Waals surface area contributed by atoms with Gasteiger partial charge in [-0.2, -0.15) is 0 Å². The molecule has 0 aliphatic rings. The van der Waals surface area contributed by atoms with Crippen LogP contribution in [0.3, 0.4) is 0 Å². The minimum atomic E-state index is -0.616. The molecule has 0 unspecified atom stereocenters. The molecule has 0 saturated carbocycles. The van der Waals surface area contributed by atoms with Crippen molar-refractivity contribution >= 4 is 46.8 Å². The second-order valence-corrected chi connectivity index (χ2v) is 9.45. The second kappa shape index (κ2) is 13.1. The van der Waals surface area contributed by atoms with Gasteiger partial charge in [0.15, 0.2) is 0 Å². The lowest BCUT2D eigenvalue weighted by atomic mass is 10.1. The minimum absolute atomic E-state index is 0.0143. The lowest BCUT2D eigenvalue weighted by Gasteiger charge is -2.31. The number of carbonyl (C=O) groups is 2. The molecular formula is C24H29Cl2FN2O2S. The predicted molar refractivity (Wildman–Crippen MR) is 132 cm³/mol. The molecule has 2 rings (SSSR count). The van der Waals surface area contributed by atoms with E-state index < -0.39 is 6.04 Å². The Hall–Kier alpha value is -1.76. The van der Waals surface area contributed by atoms with Crippen molar-refractivity contribution in [2.24, 2.45) is 0 Å². The highest BCUT2D eigenvalue weighted by Gasteiger charge is 2.29. The third-order valence-corrected chi connectivity index (χ3v) is 6.73. The summed E-state index contributed by atoms with van der Waals surface area (Å²) in [6.07, 6.45) is 1.27. The van der Waals surface area contributed by atoms with Gasteiger partial charge in [-0.15, -0.1) is 11.8 Å². The standard InChI is InChI=1S/C24H29Cl2FN2O2S/c1-4-16(3)28-24(31)22(5-2)29(13-18-8-9-19(25)12-21(18)26)23(30)15-32-14-17-6-10-20(27)11-7-17/h6-12,16,22H,4-5,13-15H2,1-3H3,(H,28,31)/t16-,22+/m0/s1. The zero-order chi connectivity index (χ0) is 23.7. The Balaban J connectivity index is 2.17. The van der Waals surface area contributed by atoms with E-state index in [1.165, 1.54) is 23.9 Å². The van der Waals surface area contributed by atoms with Gasteiger partial charge in [-0.25, -0.2) is 4.39 Å². The molecule has 0 saturated heterocycles. The molecule has 0 bridgehead atoms. The van der Waals surface area contributed by atoms with Crippen molar-refractivity contribution in [1.29, 1.82) is 0 Å². The van der Waals surface area contributed by atoms with Gasteiger partial charge in [-0.3, -0.25) is 9.59 Å². The number of thioether (sulfide) groups is 1. The Morgan fingerprint density at radius 3 is 2.38 bits per heavy atom. The fourth-order valence-corrected chi connectivity index (χ4v) is 4.45. The Morgan fingerprint density at radius 1 is 1.09 bits per heavy atom. The van der Waals surface area contributed by atoms with E-state index >= 15 is 0 Å². The number of carbonyl (C=O) groups excluding carboxylic acids is 2. The Kier molecular flexibility index (Phi) is 10.8. The number of halogens is 3. The number of nitrogens with zero attached hydrogens (tertiary/aromatic N) is 1. The van der Waals surface area contributed by atoms with Crippen molar-refractivity contribution in [2.75, 3.05) is 5.75 Å². The van der Waals surface area contributed by atoms with E-state index in [4.69, 9.17) is 23.2 Å². The van der Waals surface area contributed by atoms with E-state index in [2.05, 4.69) is 5.32 Å². The molecule has 2 atom stereocenters. The number of amides is 2. The van der Waals surface area contributed by atoms with Crippen LogP contribution in [0.2, 0.25) is 10.0 Å². The molecule has 2 aromatic rings. The van der Waals surface area contributed by atoms with Gasteiger partial charge in [0.05, 0.1) is 5.75 Å². The van der Waals surface area contributed by atoms with Gasteiger partial charge in [0.2, 0.25) is 11.8 Å². The maximum absolute atomic E-state index is 13.2. The van der Waals surface area contributed by atoms with Crippen molar-refractivity contribution in [1.82, 2.24) is 10.2 Å². The molecule has 8 heteroatoms. The van der Waals surface area contributed by atoms with Crippen LogP contribution in [0.5, 0.6) is 0 Å². The fourth-order valence-electron chi connectivity index (χ4n) is 3.11. The smallest absolute Gasteiger partial charge is 0.243 e. The second-order valence-electron chi connectivity index (χ2n) is 7.62. The summed E-state index contributed by atoms with van der Waals surface area (Å²) in [7, 11) is 0. The van der Waals surface area contributed by atoms with E-state index in [0.29, 0.717) is 22.2 Å². The van der Waals surface area contributed by atoms with Crippen molar-refractivity contribution in [2.45, 2.75) is 58.0 Å². The molecule has 0 aliphatic carbocycles. The van der Waals surface area contributed by atoms with Crippen molar-refractivity contribution in [3.63, 3.8) is 0 Å². The molecule has 0 spiro atoms. The summed E-state index contributed by atoms with van der Waals surface area (Å²) in [5.41, 5.74) is 1.65.